The van der Waals surface area contributed by atoms with Gasteiger partial charge in [-0.25, -0.2) is 8.42 Å². The Hall–Kier alpha value is -0.620. The van der Waals surface area contributed by atoms with Crippen LogP contribution < -0.4 is 0 Å². The summed E-state index contributed by atoms with van der Waals surface area (Å²) in [7, 11) is -0.259. The van der Waals surface area contributed by atoms with E-state index < -0.39 is 15.4 Å². The third-order valence-electron chi connectivity index (χ3n) is 3.80. The number of esters is 1. The minimum absolute atomic E-state index is 0.0783. The number of rotatable bonds is 8. The van der Waals surface area contributed by atoms with E-state index >= 15 is 0 Å². The third-order valence-corrected chi connectivity index (χ3v) is 5.68. The highest BCUT2D eigenvalue weighted by Gasteiger charge is 2.47. The van der Waals surface area contributed by atoms with Gasteiger partial charge >= 0.3 is 5.97 Å². The van der Waals surface area contributed by atoms with E-state index in [1.54, 1.807) is 7.11 Å². The number of carbonyl (C=O) groups excluding carboxylic acids is 1. The second-order valence-electron chi connectivity index (χ2n) is 6.06. The number of hydrogen-bond acceptors (Lipinski definition) is 5. The molecule has 1 fully saturated rings. The molecule has 0 aliphatic heterocycles. The van der Waals surface area contributed by atoms with E-state index in [-0.39, 0.29) is 29.3 Å². The standard InChI is InChI=1S/C13H24O5S/c1-12(2,18-4)7-8-19(15,16)10-13(5-6-13)9-11(14)17-3/h5-10H2,1-4H3. The van der Waals surface area contributed by atoms with Crippen LogP contribution >= 0.6 is 0 Å². The molecule has 5 nitrogen and oxygen atoms in total. The first-order valence-corrected chi connectivity index (χ1v) is 8.28. The van der Waals surface area contributed by atoms with E-state index in [9.17, 15) is 13.2 Å². The summed E-state index contributed by atoms with van der Waals surface area (Å²) in [6, 6.07) is 0. The molecule has 0 saturated heterocycles. The molecule has 1 saturated carbocycles. The van der Waals surface area contributed by atoms with Crippen LogP contribution in [-0.2, 0) is 24.1 Å². The van der Waals surface area contributed by atoms with Gasteiger partial charge in [0.2, 0.25) is 0 Å². The van der Waals surface area contributed by atoms with E-state index in [1.807, 2.05) is 13.8 Å². The zero-order valence-electron chi connectivity index (χ0n) is 12.2. The van der Waals surface area contributed by atoms with E-state index in [0.717, 1.165) is 12.8 Å². The number of carbonyl (C=O) groups is 1. The Morgan fingerprint density at radius 3 is 2.26 bits per heavy atom. The number of ether oxygens (including phenoxy) is 2. The molecule has 1 aliphatic carbocycles. The summed E-state index contributed by atoms with van der Waals surface area (Å²) in [6.45, 7) is 3.73. The molecule has 0 N–H and O–H groups in total. The second kappa shape index (κ2) is 5.79. The van der Waals surface area contributed by atoms with E-state index in [1.165, 1.54) is 7.11 Å². The minimum atomic E-state index is -3.16. The highest BCUT2D eigenvalue weighted by Crippen LogP contribution is 2.50. The second-order valence-corrected chi connectivity index (χ2v) is 8.24. The van der Waals surface area contributed by atoms with Gasteiger partial charge in [-0.15, -0.1) is 0 Å². The zero-order chi connectivity index (χ0) is 14.7. The number of hydrogen-bond donors (Lipinski definition) is 0. The average molecular weight is 292 g/mol. The summed E-state index contributed by atoms with van der Waals surface area (Å²) >= 11 is 0. The SMILES string of the molecule is COC(=O)CC1(CS(=O)(=O)CCC(C)(C)OC)CC1. The average Bonchev–Trinajstić information content (AvgIpc) is 3.05. The summed E-state index contributed by atoms with van der Waals surface area (Å²) in [5.74, 6) is -0.156. The third kappa shape index (κ3) is 5.48. The van der Waals surface area contributed by atoms with E-state index in [4.69, 9.17) is 4.74 Å². The molecule has 0 atom stereocenters. The van der Waals surface area contributed by atoms with Crippen LogP contribution in [0.25, 0.3) is 0 Å². The Labute approximate surface area is 115 Å². The summed E-state index contributed by atoms with van der Waals surface area (Å²) in [6.07, 6.45) is 2.24. The lowest BCUT2D eigenvalue weighted by atomic mass is 10.1. The predicted octanol–water partition coefficient (Wildman–Crippen LogP) is 1.56. The van der Waals surface area contributed by atoms with Crippen molar-refractivity contribution in [3.8, 4) is 0 Å². The maximum Gasteiger partial charge on any atom is 0.306 e. The van der Waals surface area contributed by atoms with Gasteiger partial charge in [-0.1, -0.05) is 0 Å². The number of sulfone groups is 1. The maximum atomic E-state index is 12.1. The Morgan fingerprint density at radius 1 is 1.26 bits per heavy atom. The maximum absolute atomic E-state index is 12.1. The van der Waals surface area contributed by atoms with Gasteiger partial charge in [-0.05, 0) is 38.5 Å². The molecule has 0 bridgehead atoms. The van der Waals surface area contributed by atoms with E-state index in [0.29, 0.717) is 6.42 Å². The van der Waals surface area contributed by atoms with Gasteiger partial charge in [-0.3, -0.25) is 4.79 Å². The molecule has 0 aromatic carbocycles. The van der Waals surface area contributed by atoms with Gasteiger partial charge in [-0.2, -0.15) is 0 Å². The Bertz CT molecular complexity index is 420. The summed E-state index contributed by atoms with van der Waals surface area (Å²) in [5, 5.41) is 0. The Morgan fingerprint density at radius 2 is 1.84 bits per heavy atom. The number of methoxy groups -OCH3 is 2. The fraction of sp³-hybridized carbons (Fsp3) is 0.923. The van der Waals surface area contributed by atoms with Crippen LogP contribution in [0, 0.1) is 5.41 Å². The van der Waals surface area contributed by atoms with Gasteiger partial charge in [0.1, 0.15) is 0 Å². The first-order chi connectivity index (χ1) is 8.64. The molecule has 1 aliphatic rings. The highest BCUT2D eigenvalue weighted by molar-refractivity contribution is 7.91. The fourth-order valence-electron chi connectivity index (χ4n) is 1.97. The molecule has 0 spiro atoms. The molecule has 0 heterocycles. The van der Waals surface area contributed by atoms with Crippen LogP contribution in [0.3, 0.4) is 0 Å². The first kappa shape index (κ1) is 16.4. The lowest BCUT2D eigenvalue weighted by molar-refractivity contribution is -0.141. The van der Waals surface area contributed by atoms with Gasteiger partial charge in [0.25, 0.3) is 0 Å². The van der Waals surface area contributed by atoms with Crippen LogP contribution in [0.4, 0.5) is 0 Å². The lowest BCUT2D eigenvalue weighted by Crippen LogP contribution is -2.29. The zero-order valence-corrected chi connectivity index (χ0v) is 13.0. The largest absolute Gasteiger partial charge is 0.469 e. The summed E-state index contributed by atoms with van der Waals surface area (Å²) < 4.78 is 34.1. The van der Waals surface area contributed by atoms with Crippen LogP contribution in [-0.4, -0.2) is 45.7 Å². The highest BCUT2D eigenvalue weighted by atomic mass is 32.2. The molecule has 6 heteroatoms. The van der Waals surface area contributed by atoms with Crippen LogP contribution in [0.2, 0.25) is 0 Å². The first-order valence-electron chi connectivity index (χ1n) is 6.46. The van der Waals surface area contributed by atoms with Crippen LogP contribution in [0.1, 0.15) is 39.5 Å². The monoisotopic (exact) mass is 292 g/mol. The lowest BCUT2D eigenvalue weighted by Gasteiger charge is -2.23. The van der Waals surface area contributed by atoms with Crippen molar-refractivity contribution < 1.29 is 22.7 Å². The quantitative estimate of drug-likeness (QED) is 0.635. The molecule has 1 rings (SSSR count). The van der Waals surface area contributed by atoms with Crippen molar-refractivity contribution in [2.45, 2.75) is 45.1 Å². The van der Waals surface area contributed by atoms with Crippen molar-refractivity contribution in [1.29, 1.82) is 0 Å². The topological polar surface area (TPSA) is 69.7 Å². The Balaban J connectivity index is 2.53. The molecule has 0 unspecified atom stereocenters. The fourth-order valence-corrected chi connectivity index (χ4v) is 4.24. The van der Waals surface area contributed by atoms with Gasteiger partial charge < -0.3 is 9.47 Å². The van der Waals surface area contributed by atoms with Crippen LogP contribution in [0.5, 0.6) is 0 Å². The minimum Gasteiger partial charge on any atom is -0.469 e. The molecule has 0 amide bonds. The Kier molecular flexibility index (Phi) is 5.01. The molecular formula is C13H24O5S. The van der Waals surface area contributed by atoms with Crippen molar-refractivity contribution in [2.24, 2.45) is 5.41 Å². The predicted molar refractivity (Wildman–Crippen MR) is 72.7 cm³/mol. The van der Waals surface area contributed by atoms with Gasteiger partial charge in [0.05, 0.1) is 30.6 Å². The molecule has 0 aromatic heterocycles. The van der Waals surface area contributed by atoms with Crippen molar-refractivity contribution in [2.75, 3.05) is 25.7 Å². The summed E-state index contributed by atoms with van der Waals surface area (Å²) in [5.41, 5.74) is -0.810. The molecule has 112 valence electrons. The van der Waals surface area contributed by atoms with E-state index in [2.05, 4.69) is 4.74 Å². The molecule has 0 aromatic rings. The van der Waals surface area contributed by atoms with Crippen molar-refractivity contribution >= 4 is 15.8 Å². The smallest absolute Gasteiger partial charge is 0.306 e. The summed E-state index contributed by atoms with van der Waals surface area (Å²) in [4.78, 5) is 11.3. The molecule has 0 radical (unpaired) electrons. The molecular weight excluding hydrogens is 268 g/mol. The van der Waals surface area contributed by atoms with Crippen LogP contribution in [0.15, 0.2) is 0 Å². The van der Waals surface area contributed by atoms with Crippen molar-refractivity contribution in [1.82, 2.24) is 0 Å². The molecule has 19 heavy (non-hydrogen) atoms. The van der Waals surface area contributed by atoms with Gasteiger partial charge in [0, 0.05) is 7.11 Å². The van der Waals surface area contributed by atoms with Crippen molar-refractivity contribution in [3.05, 3.63) is 0 Å². The van der Waals surface area contributed by atoms with Crippen molar-refractivity contribution in [3.63, 3.8) is 0 Å². The van der Waals surface area contributed by atoms with Gasteiger partial charge in [0.15, 0.2) is 9.84 Å². The normalized spacial score (nSPS) is 18.1.